The maximum Gasteiger partial charge on any atom is 0.237 e. The molecule has 1 saturated heterocycles. The molecular formula is C13H20N6O2S. The molecule has 2 aromatic heterocycles. The fraction of sp³-hybridized carbons (Fsp3) is 0.692. The van der Waals surface area contributed by atoms with Gasteiger partial charge in [0.1, 0.15) is 12.4 Å². The van der Waals surface area contributed by atoms with E-state index in [4.69, 9.17) is 9.26 Å². The summed E-state index contributed by atoms with van der Waals surface area (Å²) in [7, 11) is 3.61. The van der Waals surface area contributed by atoms with Gasteiger partial charge in [-0.1, -0.05) is 16.9 Å². The zero-order valence-electron chi connectivity index (χ0n) is 12.8. The lowest BCUT2D eigenvalue weighted by molar-refractivity contribution is 0.174. The van der Waals surface area contributed by atoms with Crippen LogP contribution in [0.5, 0.6) is 0 Å². The van der Waals surface area contributed by atoms with Crippen LogP contribution < -0.4 is 5.32 Å². The number of thioether (sulfide) groups is 1. The highest BCUT2D eigenvalue weighted by atomic mass is 32.2. The molecule has 3 rings (SSSR count). The molecule has 0 radical (unpaired) electrons. The summed E-state index contributed by atoms with van der Waals surface area (Å²) >= 11 is 1.55. The van der Waals surface area contributed by atoms with Crippen molar-refractivity contribution in [1.82, 2.24) is 30.2 Å². The van der Waals surface area contributed by atoms with Crippen LogP contribution in [0.2, 0.25) is 0 Å². The van der Waals surface area contributed by atoms with Gasteiger partial charge in [0.05, 0.1) is 5.75 Å². The summed E-state index contributed by atoms with van der Waals surface area (Å²) in [5, 5.41) is 16.8. The Balaban J connectivity index is 1.61. The second kappa shape index (κ2) is 7.21. The zero-order chi connectivity index (χ0) is 15.4. The minimum Gasteiger partial charge on any atom is -0.377 e. The number of methoxy groups -OCH3 is 1. The first-order valence-electron chi connectivity index (χ1n) is 7.31. The number of hydrogen-bond acceptors (Lipinski definition) is 8. The van der Waals surface area contributed by atoms with Crippen LogP contribution in [0.3, 0.4) is 0 Å². The van der Waals surface area contributed by atoms with Crippen molar-refractivity contribution in [3.8, 4) is 0 Å². The summed E-state index contributed by atoms with van der Waals surface area (Å²) in [6.07, 6.45) is 2.35. The van der Waals surface area contributed by atoms with Crippen LogP contribution in [0.1, 0.15) is 36.3 Å². The second-order valence-corrected chi connectivity index (χ2v) is 6.21. The van der Waals surface area contributed by atoms with E-state index in [-0.39, 0.29) is 0 Å². The molecule has 22 heavy (non-hydrogen) atoms. The Morgan fingerprint density at radius 3 is 3.14 bits per heavy atom. The minimum absolute atomic E-state index is 0.358. The largest absolute Gasteiger partial charge is 0.377 e. The van der Waals surface area contributed by atoms with Crippen molar-refractivity contribution in [3.05, 3.63) is 17.5 Å². The molecule has 0 saturated carbocycles. The number of aromatic nitrogens is 5. The maximum atomic E-state index is 5.17. The molecule has 1 unspecified atom stereocenters. The molecule has 120 valence electrons. The lowest BCUT2D eigenvalue weighted by Gasteiger charge is -2.21. The quantitative estimate of drug-likeness (QED) is 0.790. The molecule has 0 amide bonds. The van der Waals surface area contributed by atoms with E-state index in [1.54, 1.807) is 18.9 Å². The van der Waals surface area contributed by atoms with Crippen molar-refractivity contribution in [2.75, 3.05) is 20.2 Å². The minimum atomic E-state index is 0.358. The van der Waals surface area contributed by atoms with E-state index < -0.39 is 0 Å². The SMILES string of the molecule is COCc1noc(CSc2nnc(C3CCCNC3)n2C)n1. The number of nitrogens with zero attached hydrogens (tertiary/aromatic N) is 5. The first-order chi connectivity index (χ1) is 10.8. The number of piperidine rings is 1. The van der Waals surface area contributed by atoms with Crippen LogP contribution in [0.4, 0.5) is 0 Å². The lowest BCUT2D eigenvalue weighted by Crippen LogP contribution is -2.29. The number of ether oxygens (including phenoxy) is 1. The van der Waals surface area contributed by atoms with Gasteiger partial charge >= 0.3 is 0 Å². The zero-order valence-corrected chi connectivity index (χ0v) is 13.6. The van der Waals surface area contributed by atoms with Crippen molar-refractivity contribution in [2.45, 2.75) is 36.3 Å². The Hall–Kier alpha value is -1.45. The van der Waals surface area contributed by atoms with Crippen LogP contribution in [-0.2, 0) is 24.1 Å². The van der Waals surface area contributed by atoms with Gasteiger partial charge in [0.2, 0.25) is 5.89 Å². The van der Waals surface area contributed by atoms with E-state index in [0.29, 0.717) is 30.0 Å². The number of hydrogen-bond donors (Lipinski definition) is 1. The highest BCUT2D eigenvalue weighted by molar-refractivity contribution is 7.98. The van der Waals surface area contributed by atoms with Crippen molar-refractivity contribution < 1.29 is 9.26 Å². The molecule has 3 heterocycles. The van der Waals surface area contributed by atoms with Gasteiger partial charge in [0, 0.05) is 26.6 Å². The highest BCUT2D eigenvalue weighted by Gasteiger charge is 2.22. The Labute approximate surface area is 133 Å². The van der Waals surface area contributed by atoms with Crippen LogP contribution in [0.15, 0.2) is 9.68 Å². The van der Waals surface area contributed by atoms with Gasteiger partial charge in [0.25, 0.3) is 0 Å². The van der Waals surface area contributed by atoms with Gasteiger partial charge in [-0.2, -0.15) is 4.98 Å². The summed E-state index contributed by atoms with van der Waals surface area (Å²) < 4.78 is 12.2. The summed E-state index contributed by atoms with van der Waals surface area (Å²) in [6.45, 7) is 2.43. The predicted octanol–water partition coefficient (Wildman–Crippen LogP) is 1.10. The molecule has 1 aliphatic heterocycles. The summed E-state index contributed by atoms with van der Waals surface area (Å²) in [6, 6.07) is 0. The third kappa shape index (κ3) is 3.47. The number of nitrogens with one attached hydrogen (secondary N) is 1. The fourth-order valence-corrected chi connectivity index (χ4v) is 3.30. The first kappa shape index (κ1) is 15.4. The molecule has 8 nitrogen and oxygen atoms in total. The van der Waals surface area contributed by atoms with Crippen molar-refractivity contribution >= 4 is 11.8 Å². The highest BCUT2D eigenvalue weighted by Crippen LogP contribution is 2.26. The van der Waals surface area contributed by atoms with Gasteiger partial charge < -0.3 is 19.1 Å². The van der Waals surface area contributed by atoms with Crippen molar-refractivity contribution in [1.29, 1.82) is 0 Å². The Morgan fingerprint density at radius 1 is 1.45 bits per heavy atom. The average molecular weight is 324 g/mol. The second-order valence-electron chi connectivity index (χ2n) is 5.27. The van der Waals surface area contributed by atoms with Gasteiger partial charge in [-0.25, -0.2) is 0 Å². The third-order valence-electron chi connectivity index (χ3n) is 3.64. The molecule has 0 aromatic carbocycles. The summed E-state index contributed by atoms with van der Waals surface area (Å²) in [4.78, 5) is 4.25. The summed E-state index contributed by atoms with van der Waals surface area (Å²) in [5.41, 5.74) is 0. The molecule has 1 N–H and O–H groups in total. The van der Waals surface area contributed by atoms with E-state index in [1.807, 2.05) is 7.05 Å². The first-order valence-corrected chi connectivity index (χ1v) is 8.29. The Kier molecular flexibility index (Phi) is 5.06. The Morgan fingerprint density at radius 2 is 2.36 bits per heavy atom. The third-order valence-corrected chi connectivity index (χ3v) is 4.64. The molecule has 1 fully saturated rings. The van der Waals surface area contributed by atoms with Crippen LogP contribution in [-0.4, -0.2) is 45.1 Å². The monoisotopic (exact) mass is 324 g/mol. The molecule has 1 aliphatic rings. The normalized spacial score (nSPS) is 18.7. The molecule has 9 heteroatoms. The molecule has 2 aromatic rings. The van der Waals surface area contributed by atoms with Gasteiger partial charge in [0.15, 0.2) is 11.0 Å². The van der Waals surface area contributed by atoms with Crippen LogP contribution in [0, 0.1) is 0 Å². The standard InChI is InChI=1S/C13H20N6O2S/c1-19-12(9-4-3-5-14-6-9)16-17-13(19)22-8-11-15-10(7-20-2)18-21-11/h9,14H,3-8H2,1-2H3. The lowest BCUT2D eigenvalue weighted by atomic mass is 9.99. The van der Waals surface area contributed by atoms with Crippen molar-refractivity contribution in [2.24, 2.45) is 7.05 Å². The van der Waals surface area contributed by atoms with Crippen molar-refractivity contribution in [3.63, 3.8) is 0 Å². The molecule has 0 aliphatic carbocycles. The van der Waals surface area contributed by atoms with Crippen LogP contribution in [0.25, 0.3) is 0 Å². The van der Waals surface area contributed by atoms with Gasteiger partial charge in [-0.15, -0.1) is 10.2 Å². The van der Waals surface area contributed by atoms with E-state index in [2.05, 4.69) is 30.2 Å². The molecule has 0 spiro atoms. The number of rotatable bonds is 6. The van der Waals surface area contributed by atoms with Gasteiger partial charge in [-0.05, 0) is 19.4 Å². The van der Waals surface area contributed by atoms with Crippen LogP contribution >= 0.6 is 11.8 Å². The molecular weight excluding hydrogens is 304 g/mol. The van der Waals surface area contributed by atoms with E-state index >= 15 is 0 Å². The fourth-order valence-electron chi connectivity index (χ4n) is 2.54. The molecule has 1 atom stereocenters. The maximum absolute atomic E-state index is 5.17. The Bertz CT molecular complexity index is 607. The topological polar surface area (TPSA) is 90.9 Å². The molecule has 0 bridgehead atoms. The van der Waals surface area contributed by atoms with E-state index in [0.717, 1.165) is 30.5 Å². The van der Waals surface area contributed by atoms with E-state index in [9.17, 15) is 0 Å². The average Bonchev–Trinajstić information content (AvgIpc) is 3.13. The summed E-state index contributed by atoms with van der Waals surface area (Å²) in [5.74, 6) is 3.19. The predicted molar refractivity (Wildman–Crippen MR) is 80.4 cm³/mol. The van der Waals surface area contributed by atoms with Gasteiger partial charge in [-0.3, -0.25) is 0 Å². The van der Waals surface area contributed by atoms with E-state index in [1.165, 1.54) is 6.42 Å². The smallest absolute Gasteiger partial charge is 0.237 e.